The highest BCUT2D eigenvalue weighted by molar-refractivity contribution is 6.04. The second-order valence-electron chi connectivity index (χ2n) is 10.7. The molecule has 0 atom stereocenters. The molecule has 2 N–H and O–H groups in total. The van der Waals surface area contributed by atoms with Crippen LogP contribution >= 0.6 is 0 Å². The van der Waals surface area contributed by atoms with Crippen LogP contribution in [-0.4, -0.2) is 53.4 Å². The first-order valence-electron chi connectivity index (χ1n) is 14.0. The number of halogens is 2. The minimum Gasteiger partial charge on any atom is -0.393 e. The van der Waals surface area contributed by atoms with Crippen molar-refractivity contribution >= 4 is 17.4 Å². The van der Waals surface area contributed by atoms with E-state index in [0.717, 1.165) is 60.2 Å². The van der Waals surface area contributed by atoms with Gasteiger partial charge >= 0.3 is 0 Å². The summed E-state index contributed by atoms with van der Waals surface area (Å²) < 4.78 is 33.9. The zero-order chi connectivity index (χ0) is 28.3. The van der Waals surface area contributed by atoms with Crippen LogP contribution in [0.3, 0.4) is 0 Å². The van der Waals surface area contributed by atoms with E-state index in [2.05, 4.69) is 27.3 Å². The van der Waals surface area contributed by atoms with Gasteiger partial charge in [-0.05, 0) is 85.7 Å². The van der Waals surface area contributed by atoms with Gasteiger partial charge in [-0.2, -0.15) is 8.78 Å². The molecule has 0 unspecified atom stereocenters. The molecule has 3 aromatic rings. The smallest absolute Gasteiger partial charge is 0.289 e. The molecular formula is C31H36F2N4O3. The van der Waals surface area contributed by atoms with Crippen molar-refractivity contribution in [2.45, 2.75) is 63.9 Å². The Labute approximate surface area is 233 Å². The minimum atomic E-state index is -3.10. The van der Waals surface area contributed by atoms with E-state index in [0.29, 0.717) is 37.7 Å². The maximum absolute atomic E-state index is 14.2. The van der Waals surface area contributed by atoms with E-state index in [1.807, 2.05) is 25.1 Å². The van der Waals surface area contributed by atoms with E-state index in [-0.39, 0.29) is 11.7 Å². The number of hydrogen-bond acceptors (Lipinski definition) is 6. The van der Waals surface area contributed by atoms with Crippen molar-refractivity contribution in [2.75, 3.05) is 36.5 Å². The number of hydrogen-bond donors (Lipinski definition) is 2. The van der Waals surface area contributed by atoms with Gasteiger partial charge in [-0.1, -0.05) is 13.0 Å². The van der Waals surface area contributed by atoms with Crippen molar-refractivity contribution in [3.63, 3.8) is 0 Å². The molecule has 7 nitrogen and oxygen atoms in total. The Bertz CT molecular complexity index is 1350. The number of carbonyl (C=O) groups excluding carboxylic acids is 1. The van der Waals surface area contributed by atoms with Gasteiger partial charge in [-0.25, -0.2) is 4.98 Å². The van der Waals surface area contributed by atoms with Gasteiger partial charge in [-0.15, -0.1) is 0 Å². The predicted octanol–water partition coefficient (Wildman–Crippen LogP) is 6.06. The molecule has 2 aliphatic heterocycles. The lowest BCUT2D eigenvalue weighted by Gasteiger charge is -2.32. The number of rotatable bonds is 7. The van der Waals surface area contributed by atoms with Crippen LogP contribution in [0.5, 0.6) is 0 Å². The second kappa shape index (κ2) is 12.0. The molecular weight excluding hydrogens is 514 g/mol. The minimum absolute atomic E-state index is 0.125. The summed E-state index contributed by atoms with van der Waals surface area (Å²) in [6.07, 6.45) is 3.81. The van der Waals surface area contributed by atoms with Gasteiger partial charge in [0.05, 0.1) is 6.10 Å². The average molecular weight is 551 g/mol. The molecule has 2 fully saturated rings. The van der Waals surface area contributed by atoms with Crippen molar-refractivity contribution in [3.05, 3.63) is 71.2 Å². The van der Waals surface area contributed by atoms with Crippen LogP contribution in [0.2, 0.25) is 0 Å². The predicted molar refractivity (Wildman–Crippen MR) is 151 cm³/mol. The molecule has 2 aromatic heterocycles. The Balaban J connectivity index is 1.46. The molecule has 0 radical (unpaired) electrons. The quantitative estimate of drug-likeness (QED) is 0.372. The summed E-state index contributed by atoms with van der Waals surface area (Å²) in [6.45, 7) is 6.31. The largest absolute Gasteiger partial charge is 0.393 e. The number of nitrogens with zero attached hydrogens (tertiary/aromatic N) is 3. The van der Waals surface area contributed by atoms with Gasteiger partial charge < -0.3 is 20.1 Å². The fraction of sp³-hybridized carbons (Fsp3) is 0.452. The van der Waals surface area contributed by atoms with E-state index >= 15 is 0 Å². The third-order valence-electron chi connectivity index (χ3n) is 7.91. The van der Waals surface area contributed by atoms with Crippen LogP contribution in [-0.2, 0) is 10.7 Å². The Kier molecular flexibility index (Phi) is 8.42. The lowest BCUT2D eigenvalue weighted by Crippen LogP contribution is -2.36. The summed E-state index contributed by atoms with van der Waals surface area (Å²) in [5, 5.41) is 12.9. The fourth-order valence-corrected chi connectivity index (χ4v) is 5.32. The van der Waals surface area contributed by atoms with Crippen LogP contribution in [0.1, 0.15) is 72.3 Å². The van der Waals surface area contributed by atoms with Gasteiger partial charge in [0.2, 0.25) is 0 Å². The van der Waals surface area contributed by atoms with E-state index in [9.17, 15) is 18.7 Å². The second-order valence-corrected chi connectivity index (χ2v) is 10.7. The Hall–Kier alpha value is -3.43. The number of ether oxygens (including phenoxy) is 1. The first kappa shape index (κ1) is 28.1. The third-order valence-corrected chi connectivity index (χ3v) is 7.91. The molecule has 40 heavy (non-hydrogen) atoms. The van der Waals surface area contributed by atoms with Crippen molar-refractivity contribution in [1.29, 1.82) is 0 Å². The highest BCUT2D eigenvalue weighted by Gasteiger charge is 2.31. The lowest BCUT2D eigenvalue weighted by atomic mass is 9.92. The number of pyridine rings is 2. The molecule has 1 amide bonds. The first-order valence-corrected chi connectivity index (χ1v) is 14.0. The number of alkyl halides is 2. The summed E-state index contributed by atoms with van der Waals surface area (Å²) in [7, 11) is 0. The number of amides is 1. The number of anilines is 2. The van der Waals surface area contributed by atoms with Crippen molar-refractivity contribution in [1.82, 2.24) is 9.97 Å². The molecule has 0 bridgehead atoms. The summed E-state index contributed by atoms with van der Waals surface area (Å²) in [5.74, 6) is -2.38. The van der Waals surface area contributed by atoms with E-state index in [4.69, 9.17) is 9.72 Å². The van der Waals surface area contributed by atoms with E-state index in [1.54, 1.807) is 0 Å². The highest BCUT2D eigenvalue weighted by atomic mass is 19.3. The lowest BCUT2D eigenvalue weighted by molar-refractivity contribution is -0.0128. The topological polar surface area (TPSA) is 87.6 Å². The van der Waals surface area contributed by atoms with Gasteiger partial charge in [0.1, 0.15) is 11.5 Å². The maximum atomic E-state index is 14.2. The first-order chi connectivity index (χ1) is 19.2. The molecule has 5 rings (SSSR count). The number of aromatic nitrogens is 2. The molecule has 2 saturated heterocycles. The Morgan fingerprint density at radius 3 is 2.58 bits per heavy atom. The van der Waals surface area contributed by atoms with Gasteiger partial charge in [0.25, 0.3) is 11.8 Å². The van der Waals surface area contributed by atoms with Crippen molar-refractivity contribution in [2.24, 2.45) is 0 Å². The van der Waals surface area contributed by atoms with Crippen molar-refractivity contribution in [3.8, 4) is 11.1 Å². The summed E-state index contributed by atoms with van der Waals surface area (Å²) in [5.41, 5.74) is 4.30. The number of nitrogens with one attached hydrogen (secondary N) is 1. The average Bonchev–Trinajstić information content (AvgIpc) is 2.98. The summed E-state index contributed by atoms with van der Waals surface area (Å²) >= 11 is 0. The van der Waals surface area contributed by atoms with Crippen molar-refractivity contribution < 1.29 is 23.4 Å². The number of benzene rings is 1. The van der Waals surface area contributed by atoms with E-state index < -0.39 is 23.9 Å². The van der Waals surface area contributed by atoms with Gasteiger partial charge in [-0.3, -0.25) is 9.78 Å². The number of aliphatic hydroxyl groups is 1. The van der Waals surface area contributed by atoms with Crippen LogP contribution in [0, 0.1) is 6.92 Å². The molecule has 0 aliphatic carbocycles. The highest BCUT2D eigenvalue weighted by Crippen LogP contribution is 2.35. The van der Waals surface area contributed by atoms with Crippen LogP contribution < -0.4 is 10.2 Å². The van der Waals surface area contributed by atoms with Crippen LogP contribution in [0.4, 0.5) is 20.3 Å². The third kappa shape index (κ3) is 6.31. The van der Waals surface area contributed by atoms with Gasteiger partial charge in [0, 0.05) is 61.8 Å². The number of piperidine rings is 1. The molecule has 212 valence electrons. The Morgan fingerprint density at radius 1 is 1.10 bits per heavy atom. The SMILES string of the molecule is CCC(F)(F)c1cc(C(=O)Nc2ccc(C)c(-c3cc(C4CCOCC4)nc(N4CCC(O)CC4)c3)c2)ccn1. The fourth-order valence-electron chi connectivity index (χ4n) is 5.32. The molecule has 2 aliphatic rings. The van der Waals surface area contributed by atoms with E-state index in [1.165, 1.54) is 19.2 Å². The summed E-state index contributed by atoms with van der Waals surface area (Å²) in [4.78, 5) is 24.1. The zero-order valence-corrected chi connectivity index (χ0v) is 23.0. The summed E-state index contributed by atoms with van der Waals surface area (Å²) in [6, 6.07) is 12.5. The number of aliphatic hydroxyl groups excluding tert-OH is 1. The molecule has 0 spiro atoms. The number of aryl methyl sites for hydroxylation is 1. The molecule has 1 aromatic carbocycles. The normalized spacial score (nSPS) is 17.2. The maximum Gasteiger partial charge on any atom is 0.289 e. The monoisotopic (exact) mass is 550 g/mol. The standard InChI is InChI=1S/C31H36F2N4O3/c1-3-31(32,33)28-17-22(6-11-34-28)30(39)35-24-5-4-20(2)26(19-24)23-16-27(21-9-14-40-15-10-21)36-29(18-23)37-12-7-25(38)8-13-37/h4-6,11,16-19,21,25,38H,3,7-10,12-15H2,1-2H3,(H,35,39). The molecule has 4 heterocycles. The van der Waals surface area contributed by atoms with Gasteiger partial charge in [0.15, 0.2) is 0 Å². The van der Waals surface area contributed by atoms with Crippen LogP contribution in [0.25, 0.3) is 11.1 Å². The molecule has 0 saturated carbocycles. The van der Waals surface area contributed by atoms with Crippen LogP contribution in [0.15, 0.2) is 48.7 Å². The number of carbonyl (C=O) groups is 1. The molecule has 9 heteroatoms. The Morgan fingerprint density at radius 2 is 1.85 bits per heavy atom. The zero-order valence-electron chi connectivity index (χ0n) is 23.0.